The SMILES string of the molecule is CCC1CCN(C(=O)c2ccc(F)cc2C)CC1. The van der Waals surface area contributed by atoms with Crippen LogP contribution in [0.1, 0.15) is 42.1 Å². The summed E-state index contributed by atoms with van der Waals surface area (Å²) < 4.78 is 13.0. The summed E-state index contributed by atoms with van der Waals surface area (Å²) in [7, 11) is 0. The lowest BCUT2D eigenvalue weighted by Crippen LogP contribution is -2.38. The Morgan fingerprint density at radius 1 is 1.39 bits per heavy atom. The Bertz CT molecular complexity index is 436. The van der Waals surface area contributed by atoms with Gasteiger partial charge in [0, 0.05) is 18.7 Å². The molecule has 0 radical (unpaired) electrons. The Morgan fingerprint density at radius 2 is 2.06 bits per heavy atom. The Balaban J connectivity index is 2.08. The summed E-state index contributed by atoms with van der Waals surface area (Å²) in [5.74, 6) is 0.513. The third-order valence-electron chi connectivity index (χ3n) is 3.90. The van der Waals surface area contributed by atoms with Crippen LogP contribution >= 0.6 is 0 Å². The summed E-state index contributed by atoms with van der Waals surface area (Å²) in [5.41, 5.74) is 1.35. The van der Waals surface area contributed by atoms with Gasteiger partial charge in [0.05, 0.1) is 0 Å². The molecule has 0 aromatic heterocycles. The maximum absolute atomic E-state index is 13.0. The van der Waals surface area contributed by atoms with Gasteiger partial charge in [-0.2, -0.15) is 0 Å². The normalized spacial score (nSPS) is 16.9. The second-order valence-electron chi connectivity index (χ2n) is 5.10. The van der Waals surface area contributed by atoms with Crippen molar-refractivity contribution in [2.45, 2.75) is 33.1 Å². The van der Waals surface area contributed by atoms with E-state index in [9.17, 15) is 9.18 Å². The van der Waals surface area contributed by atoms with Crippen LogP contribution in [0.4, 0.5) is 4.39 Å². The van der Waals surface area contributed by atoms with E-state index >= 15 is 0 Å². The predicted molar refractivity (Wildman–Crippen MR) is 70.1 cm³/mol. The van der Waals surface area contributed by atoms with Crippen LogP contribution in [-0.2, 0) is 0 Å². The molecule has 0 aliphatic carbocycles. The number of aryl methyl sites for hydroxylation is 1. The molecule has 98 valence electrons. The third-order valence-corrected chi connectivity index (χ3v) is 3.90. The first-order valence-electron chi connectivity index (χ1n) is 6.67. The number of piperidine rings is 1. The summed E-state index contributed by atoms with van der Waals surface area (Å²) in [6.07, 6.45) is 3.36. The van der Waals surface area contributed by atoms with Gasteiger partial charge in [-0.3, -0.25) is 4.79 Å². The Labute approximate surface area is 108 Å². The average Bonchev–Trinajstić information content (AvgIpc) is 2.38. The fraction of sp³-hybridized carbons (Fsp3) is 0.533. The standard InChI is InChI=1S/C15H20FNO/c1-3-12-6-8-17(9-7-12)15(18)14-5-4-13(16)10-11(14)2/h4-5,10,12H,3,6-9H2,1-2H3. The van der Waals surface area contributed by atoms with Crippen molar-refractivity contribution >= 4 is 5.91 Å². The quantitative estimate of drug-likeness (QED) is 0.786. The molecule has 1 aliphatic heterocycles. The summed E-state index contributed by atoms with van der Waals surface area (Å²) in [5, 5.41) is 0. The molecular formula is C15H20FNO. The minimum Gasteiger partial charge on any atom is -0.339 e. The number of halogens is 1. The van der Waals surface area contributed by atoms with Crippen LogP contribution in [0.15, 0.2) is 18.2 Å². The van der Waals surface area contributed by atoms with Gasteiger partial charge in [0.2, 0.25) is 0 Å². The number of rotatable bonds is 2. The van der Waals surface area contributed by atoms with Gasteiger partial charge in [0.25, 0.3) is 5.91 Å². The zero-order valence-corrected chi connectivity index (χ0v) is 11.1. The third kappa shape index (κ3) is 2.71. The van der Waals surface area contributed by atoms with E-state index in [1.54, 1.807) is 13.0 Å². The Hall–Kier alpha value is -1.38. The van der Waals surface area contributed by atoms with Crippen molar-refractivity contribution in [2.24, 2.45) is 5.92 Å². The number of amides is 1. The largest absolute Gasteiger partial charge is 0.339 e. The Morgan fingerprint density at radius 3 is 2.61 bits per heavy atom. The van der Waals surface area contributed by atoms with Gasteiger partial charge in [-0.05, 0) is 49.4 Å². The molecule has 0 unspecified atom stereocenters. The first kappa shape index (κ1) is 13.1. The van der Waals surface area contributed by atoms with Gasteiger partial charge in [-0.25, -0.2) is 4.39 Å². The van der Waals surface area contributed by atoms with E-state index in [0.29, 0.717) is 5.56 Å². The Kier molecular flexibility index (Phi) is 4.00. The molecule has 1 heterocycles. The number of carbonyl (C=O) groups excluding carboxylic acids is 1. The molecule has 2 nitrogen and oxygen atoms in total. The molecule has 0 atom stereocenters. The van der Waals surface area contributed by atoms with E-state index in [-0.39, 0.29) is 11.7 Å². The highest BCUT2D eigenvalue weighted by atomic mass is 19.1. The van der Waals surface area contributed by atoms with E-state index in [4.69, 9.17) is 0 Å². The highest BCUT2D eigenvalue weighted by Crippen LogP contribution is 2.22. The van der Waals surface area contributed by atoms with E-state index in [1.165, 1.54) is 18.6 Å². The van der Waals surface area contributed by atoms with Crippen LogP contribution in [0.25, 0.3) is 0 Å². The van der Waals surface area contributed by atoms with Crippen molar-refractivity contribution in [3.05, 3.63) is 35.1 Å². The molecule has 1 fully saturated rings. The molecule has 1 aromatic rings. The summed E-state index contributed by atoms with van der Waals surface area (Å²) in [6.45, 7) is 5.64. The van der Waals surface area contributed by atoms with Crippen molar-refractivity contribution < 1.29 is 9.18 Å². The number of hydrogen-bond donors (Lipinski definition) is 0. The van der Waals surface area contributed by atoms with Crippen LogP contribution in [0.5, 0.6) is 0 Å². The van der Waals surface area contributed by atoms with Crippen molar-refractivity contribution in [1.29, 1.82) is 0 Å². The minimum absolute atomic E-state index is 0.0436. The lowest BCUT2D eigenvalue weighted by atomic mass is 9.94. The molecule has 2 rings (SSSR count). The molecule has 1 aromatic carbocycles. The van der Waals surface area contributed by atoms with E-state index in [1.807, 2.05) is 4.90 Å². The molecule has 0 spiro atoms. The van der Waals surface area contributed by atoms with Crippen molar-refractivity contribution in [1.82, 2.24) is 4.90 Å². The molecule has 0 N–H and O–H groups in total. The van der Waals surface area contributed by atoms with Crippen LogP contribution < -0.4 is 0 Å². The molecule has 3 heteroatoms. The minimum atomic E-state index is -0.284. The lowest BCUT2D eigenvalue weighted by Gasteiger charge is -2.31. The molecule has 1 aliphatic rings. The van der Waals surface area contributed by atoms with Gasteiger partial charge in [-0.15, -0.1) is 0 Å². The fourth-order valence-corrected chi connectivity index (χ4v) is 2.58. The van der Waals surface area contributed by atoms with Crippen molar-refractivity contribution in [2.75, 3.05) is 13.1 Å². The molecule has 0 bridgehead atoms. The van der Waals surface area contributed by atoms with E-state index < -0.39 is 0 Å². The molecule has 1 saturated heterocycles. The van der Waals surface area contributed by atoms with Gasteiger partial charge in [-0.1, -0.05) is 13.3 Å². The zero-order chi connectivity index (χ0) is 13.1. The molecule has 1 amide bonds. The second kappa shape index (κ2) is 5.51. The first-order valence-corrected chi connectivity index (χ1v) is 6.67. The van der Waals surface area contributed by atoms with Crippen LogP contribution in [0, 0.1) is 18.7 Å². The number of hydrogen-bond acceptors (Lipinski definition) is 1. The average molecular weight is 249 g/mol. The second-order valence-corrected chi connectivity index (χ2v) is 5.10. The van der Waals surface area contributed by atoms with Crippen molar-refractivity contribution in [3.8, 4) is 0 Å². The van der Waals surface area contributed by atoms with Crippen LogP contribution in [0.2, 0.25) is 0 Å². The van der Waals surface area contributed by atoms with Crippen LogP contribution in [0.3, 0.4) is 0 Å². The fourth-order valence-electron chi connectivity index (χ4n) is 2.58. The maximum atomic E-state index is 13.0. The highest BCUT2D eigenvalue weighted by Gasteiger charge is 2.23. The molecular weight excluding hydrogens is 229 g/mol. The lowest BCUT2D eigenvalue weighted by molar-refractivity contribution is 0.0688. The molecule has 18 heavy (non-hydrogen) atoms. The van der Waals surface area contributed by atoms with Gasteiger partial charge < -0.3 is 4.90 Å². The van der Waals surface area contributed by atoms with Crippen molar-refractivity contribution in [3.63, 3.8) is 0 Å². The summed E-state index contributed by atoms with van der Waals surface area (Å²) >= 11 is 0. The number of nitrogens with zero attached hydrogens (tertiary/aromatic N) is 1. The number of carbonyl (C=O) groups is 1. The maximum Gasteiger partial charge on any atom is 0.254 e. The van der Waals surface area contributed by atoms with Gasteiger partial charge in [0.15, 0.2) is 0 Å². The topological polar surface area (TPSA) is 20.3 Å². The molecule has 0 saturated carbocycles. The smallest absolute Gasteiger partial charge is 0.254 e. The zero-order valence-electron chi connectivity index (χ0n) is 11.1. The van der Waals surface area contributed by atoms with E-state index in [2.05, 4.69) is 6.92 Å². The highest BCUT2D eigenvalue weighted by molar-refractivity contribution is 5.95. The monoisotopic (exact) mass is 249 g/mol. The first-order chi connectivity index (χ1) is 8.61. The van der Waals surface area contributed by atoms with Gasteiger partial charge >= 0.3 is 0 Å². The van der Waals surface area contributed by atoms with Gasteiger partial charge in [0.1, 0.15) is 5.82 Å². The predicted octanol–water partition coefficient (Wildman–Crippen LogP) is 3.40. The summed E-state index contributed by atoms with van der Waals surface area (Å²) in [6, 6.07) is 4.38. The van der Waals surface area contributed by atoms with E-state index in [0.717, 1.165) is 37.4 Å². The number of benzene rings is 1. The summed E-state index contributed by atoms with van der Waals surface area (Å²) in [4.78, 5) is 14.2. The number of likely N-dealkylation sites (tertiary alicyclic amines) is 1. The van der Waals surface area contributed by atoms with Crippen LogP contribution in [-0.4, -0.2) is 23.9 Å².